The van der Waals surface area contributed by atoms with E-state index in [0.29, 0.717) is 37.2 Å². The number of aliphatic hydroxyl groups is 1. The summed E-state index contributed by atoms with van der Waals surface area (Å²) in [6, 6.07) is 0. The van der Waals surface area contributed by atoms with Crippen molar-refractivity contribution in [3.8, 4) is 0 Å². The number of amides is 1. The largest absolute Gasteiger partial charge is 0.462 e. The lowest BCUT2D eigenvalue weighted by atomic mass is 9.58. The number of carbonyl (C=O) groups excluding carboxylic acids is 3. The number of esters is 2. The van der Waals surface area contributed by atoms with Crippen molar-refractivity contribution in [1.82, 2.24) is 4.90 Å². The van der Waals surface area contributed by atoms with Gasteiger partial charge in [-0.15, -0.1) is 0 Å². The summed E-state index contributed by atoms with van der Waals surface area (Å²) in [5.41, 5.74) is 5.24. The van der Waals surface area contributed by atoms with Gasteiger partial charge in [0.15, 0.2) is 0 Å². The third-order valence-corrected chi connectivity index (χ3v) is 11.6. The maximum absolute atomic E-state index is 13.6. The molecule has 10 heteroatoms. The Morgan fingerprint density at radius 3 is 2.77 bits per heavy atom. The molecule has 1 spiro atoms. The average Bonchev–Trinajstić information content (AvgIpc) is 3.31. The Kier molecular flexibility index (Phi) is 8.76. The van der Waals surface area contributed by atoms with E-state index in [9.17, 15) is 19.5 Å². The molecule has 5 N–H and O–H groups in total. The van der Waals surface area contributed by atoms with Gasteiger partial charge in [0.1, 0.15) is 23.5 Å². The van der Waals surface area contributed by atoms with Crippen LogP contribution in [0.5, 0.6) is 0 Å². The van der Waals surface area contributed by atoms with E-state index in [2.05, 4.69) is 17.5 Å². The second kappa shape index (κ2) is 12.3. The van der Waals surface area contributed by atoms with Crippen molar-refractivity contribution in [2.75, 3.05) is 26.2 Å². The van der Waals surface area contributed by atoms with E-state index in [0.717, 1.165) is 51.7 Å². The zero-order chi connectivity index (χ0) is 30.4. The molecule has 10 atom stereocenters. The summed E-state index contributed by atoms with van der Waals surface area (Å²) in [6.07, 6.45) is 12.4. The van der Waals surface area contributed by atoms with Crippen LogP contribution >= 0.6 is 0 Å². The van der Waals surface area contributed by atoms with Crippen LogP contribution in [0, 0.1) is 29.6 Å². The van der Waals surface area contributed by atoms with Crippen molar-refractivity contribution in [3.63, 3.8) is 0 Å². The Labute approximate surface area is 254 Å². The van der Waals surface area contributed by atoms with Gasteiger partial charge in [-0.25, -0.2) is 4.79 Å². The Balaban J connectivity index is 1.35. The molecule has 4 aliphatic heterocycles. The molecule has 0 aromatic rings. The lowest BCUT2D eigenvalue weighted by Crippen LogP contribution is -2.96. The number of hydrogen-bond acceptors (Lipinski definition) is 8. The van der Waals surface area contributed by atoms with Crippen molar-refractivity contribution in [2.45, 2.75) is 108 Å². The van der Waals surface area contributed by atoms with Gasteiger partial charge in [0.05, 0.1) is 12.6 Å². The number of piperidine rings is 1. The number of likely N-dealkylation sites (tertiary alicyclic amines) is 1. The van der Waals surface area contributed by atoms with Crippen molar-refractivity contribution in [3.05, 3.63) is 23.8 Å². The minimum absolute atomic E-state index is 0.0771. The second-order valence-corrected chi connectivity index (χ2v) is 14.1. The Hall–Kier alpha value is -2.27. The van der Waals surface area contributed by atoms with Crippen LogP contribution in [0.3, 0.4) is 0 Å². The van der Waals surface area contributed by atoms with Crippen molar-refractivity contribution in [1.29, 1.82) is 0 Å². The highest BCUT2D eigenvalue weighted by Crippen LogP contribution is 2.59. The first-order valence-corrected chi connectivity index (χ1v) is 16.6. The number of aliphatic hydroxyl groups excluding tert-OH is 1. The summed E-state index contributed by atoms with van der Waals surface area (Å²) in [5, 5.41) is 11.7. The summed E-state index contributed by atoms with van der Waals surface area (Å²) < 4.78 is 19.6. The van der Waals surface area contributed by atoms with Crippen LogP contribution in [0.2, 0.25) is 0 Å². The first-order chi connectivity index (χ1) is 20.7. The van der Waals surface area contributed by atoms with Crippen LogP contribution in [0.1, 0.15) is 78.1 Å². The molecule has 10 unspecified atom stereocenters. The molecule has 4 saturated heterocycles. The van der Waals surface area contributed by atoms with E-state index >= 15 is 0 Å². The van der Waals surface area contributed by atoms with Gasteiger partial charge < -0.3 is 29.5 Å². The molecule has 10 nitrogen and oxygen atoms in total. The molecule has 0 aromatic heterocycles. The molecule has 6 aliphatic rings. The molecule has 6 rings (SSSR count). The van der Waals surface area contributed by atoms with E-state index in [4.69, 9.17) is 19.9 Å². The maximum atomic E-state index is 13.6. The Morgan fingerprint density at radius 2 is 2.05 bits per heavy atom. The fraction of sp³-hybridized carbons (Fsp3) is 0.788. The average molecular weight is 601 g/mol. The van der Waals surface area contributed by atoms with Crippen LogP contribution in [0.25, 0.3) is 0 Å². The molecule has 43 heavy (non-hydrogen) atoms. The number of ether oxygens (including phenoxy) is 3. The quantitative estimate of drug-likeness (QED) is 0.227. The van der Waals surface area contributed by atoms with Gasteiger partial charge in [-0.1, -0.05) is 18.2 Å². The molecule has 0 aromatic carbocycles. The smallest absolute Gasteiger partial charge is 0.334 e. The third kappa shape index (κ3) is 5.69. The molecule has 0 bridgehead atoms. The number of quaternary nitrogens is 1. The van der Waals surface area contributed by atoms with Gasteiger partial charge in [-0.05, 0) is 57.3 Å². The number of hydrogen-bond donors (Lipinski definition) is 3. The Bertz CT molecular complexity index is 1150. The molecule has 2 aliphatic carbocycles. The highest BCUT2D eigenvalue weighted by atomic mass is 16.6. The fourth-order valence-corrected chi connectivity index (χ4v) is 9.12. The van der Waals surface area contributed by atoms with Crippen LogP contribution in [-0.4, -0.2) is 83.7 Å². The van der Waals surface area contributed by atoms with Crippen LogP contribution in [0.15, 0.2) is 23.8 Å². The monoisotopic (exact) mass is 600 g/mol. The lowest BCUT2D eigenvalue weighted by molar-refractivity contribution is -0.706. The van der Waals surface area contributed by atoms with Crippen LogP contribution in [0.4, 0.5) is 0 Å². The molecular weight excluding hydrogens is 550 g/mol. The highest BCUT2D eigenvalue weighted by Gasteiger charge is 2.66. The van der Waals surface area contributed by atoms with Crippen LogP contribution < -0.4 is 11.1 Å². The fourth-order valence-electron chi connectivity index (χ4n) is 9.12. The summed E-state index contributed by atoms with van der Waals surface area (Å²) in [7, 11) is 0. The van der Waals surface area contributed by atoms with Crippen LogP contribution in [-0.2, 0) is 28.6 Å². The summed E-state index contributed by atoms with van der Waals surface area (Å²) in [5.74, 6) is 0.334. The SMILES string of the molecule is CC=C(CCO)C(=O)OC1(C)CC=CC(C2CC(N)[NH2+]CC2CC(=O)N2CCC2)C12CC1CC3CCC(=O)OC3CC1O2. The third-order valence-electron chi connectivity index (χ3n) is 11.6. The molecule has 1 saturated carbocycles. The zero-order valence-electron chi connectivity index (χ0n) is 25.7. The molecule has 1 amide bonds. The molecular formula is C33H50N3O7+. The zero-order valence-corrected chi connectivity index (χ0v) is 25.7. The van der Waals surface area contributed by atoms with Gasteiger partial charge >= 0.3 is 11.9 Å². The Morgan fingerprint density at radius 1 is 1.23 bits per heavy atom. The van der Waals surface area contributed by atoms with Gasteiger partial charge in [-0.3, -0.25) is 15.3 Å². The minimum Gasteiger partial charge on any atom is -0.462 e. The van der Waals surface area contributed by atoms with E-state index < -0.39 is 17.2 Å². The van der Waals surface area contributed by atoms with Crippen molar-refractivity contribution in [2.24, 2.45) is 35.3 Å². The summed E-state index contributed by atoms with van der Waals surface area (Å²) in [6.45, 7) is 6.10. The summed E-state index contributed by atoms with van der Waals surface area (Å²) in [4.78, 5) is 40.9. The van der Waals surface area contributed by atoms with Gasteiger partial charge in [0, 0.05) is 75.6 Å². The predicted octanol–water partition coefficient (Wildman–Crippen LogP) is 1.56. The molecule has 0 radical (unpaired) electrons. The number of nitrogens with two attached hydrogens (primary N) is 2. The van der Waals surface area contributed by atoms with E-state index in [1.165, 1.54) is 0 Å². The maximum Gasteiger partial charge on any atom is 0.334 e. The topological polar surface area (TPSA) is 145 Å². The van der Waals surface area contributed by atoms with E-state index in [1.54, 1.807) is 13.0 Å². The van der Waals surface area contributed by atoms with E-state index in [1.807, 2.05) is 11.8 Å². The molecule has 4 heterocycles. The number of nitrogens with zero attached hydrogens (tertiary/aromatic N) is 1. The van der Waals surface area contributed by atoms with E-state index in [-0.39, 0.29) is 66.9 Å². The van der Waals surface area contributed by atoms with Crippen molar-refractivity contribution >= 4 is 17.8 Å². The number of allylic oxidation sites excluding steroid dienone is 1. The standard InChI is InChI=1S/C33H49N3O7/c1-3-20(9-13-37)31(40)43-32(2)10-4-6-25(24-16-28(34)35-19-23(24)15-29(38)36-11-5-12-36)33(32)18-22-14-21-7-8-30(39)41-26(21)17-27(22)42-33/h3-4,6,21-28,35,37H,5,7-19,34H2,1-2H3/p+1. The number of rotatable bonds is 7. The predicted molar refractivity (Wildman–Crippen MR) is 157 cm³/mol. The second-order valence-electron chi connectivity index (χ2n) is 14.1. The summed E-state index contributed by atoms with van der Waals surface area (Å²) >= 11 is 0. The highest BCUT2D eigenvalue weighted by molar-refractivity contribution is 5.88. The van der Waals surface area contributed by atoms with Gasteiger partial charge in [-0.2, -0.15) is 0 Å². The molecule has 238 valence electrons. The first-order valence-electron chi connectivity index (χ1n) is 16.6. The van der Waals surface area contributed by atoms with Gasteiger partial charge in [0.2, 0.25) is 5.91 Å². The minimum atomic E-state index is -0.969. The lowest BCUT2D eigenvalue weighted by Gasteiger charge is -2.54. The van der Waals surface area contributed by atoms with Crippen molar-refractivity contribution < 1.29 is 39.0 Å². The first kappa shape index (κ1) is 30.7. The number of fused-ring (bicyclic) bond motifs is 2. The van der Waals surface area contributed by atoms with Gasteiger partial charge in [0.25, 0.3) is 0 Å². The normalized spacial score (nSPS) is 42.6. The number of carbonyl (C=O) groups is 3. The molecule has 5 fully saturated rings.